The molecule has 0 atom stereocenters. The van der Waals surface area contributed by atoms with E-state index in [1.54, 1.807) is 12.1 Å². The molecule has 0 spiro atoms. The third-order valence-electron chi connectivity index (χ3n) is 3.53. The van der Waals surface area contributed by atoms with E-state index in [2.05, 4.69) is 23.6 Å². The number of nitrogens with zero attached hydrogens (tertiary/aromatic N) is 2. The molecule has 0 saturated heterocycles. The fourth-order valence-electron chi connectivity index (χ4n) is 2.29. The largest absolute Gasteiger partial charge is 0.486 e. The lowest BCUT2D eigenvalue weighted by Gasteiger charge is -2.20. The van der Waals surface area contributed by atoms with Crippen molar-refractivity contribution in [3.05, 3.63) is 59.3 Å². The van der Waals surface area contributed by atoms with E-state index in [9.17, 15) is 4.79 Å². The van der Waals surface area contributed by atoms with Gasteiger partial charge in [0.15, 0.2) is 0 Å². The van der Waals surface area contributed by atoms with Gasteiger partial charge in [0.25, 0.3) is 5.70 Å². The number of benzene rings is 1. The topological polar surface area (TPSA) is 58.0 Å². The fourth-order valence-corrected chi connectivity index (χ4v) is 2.29. The van der Waals surface area contributed by atoms with Gasteiger partial charge in [0.2, 0.25) is 0 Å². The number of rotatable bonds is 6. The monoisotopic (exact) mass is 310 g/mol. The van der Waals surface area contributed by atoms with Crippen molar-refractivity contribution < 1.29 is 14.3 Å². The van der Waals surface area contributed by atoms with Crippen molar-refractivity contribution in [1.29, 1.82) is 0 Å². The third-order valence-corrected chi connectivity index (χ3v) is 3.53. The molecule has 2 rings (SSSR count). The molecule has 0 aliphatic heterocycles. The maximum atomic E-state index is 10.8. The molecule has 1 heterocycles. The lowest BCUT2D eigenvalue weighted by Crippen LogP contribution is -2.21. The van der Waals surface area contributed by atoms with E-state index >= 15 is 0 Å². The second-order valence-electron chi connectivity index (χ2n) is 4.87. The van der Waals surface area contributed by atoms with E-state index in [-0.39, 0.29) is 5.70 Å². The van der Waals surface area contributed by atoms with Gasteiger partial charge in [-0.2, -0.15) is 0 Å². The summed E-state index contributed by atoms with van der Waals surface area (Å²) in [5.74, 6) is -0.278. The predicted molar refractivity (Wildman–Crippen MR) is 89.9 cm³/mol. The van der Waals surface area contributed by atoms with Crippen molar-refractivity contribution >= 4 is 17.7 Å². The molecule has 118 valence electrons. The summed E-state index contributed by atoms with van der Waals surface area (Å²) in [5, 5.41) is 8.86. The van der Waals surface area contributed by atoms with Crippen LogP contribution in [0.4, 0.5) is 5.69 Å². The van der Waals surface area contributed by atoms with E-state index in [4.69, 9.17) is 16.1 Å². The SMILES string of the molecule is [C-]#[N+]/C(=C\c1ccc(-c2ccc(N(CC)CC)cc2)o1)C(=O)O. The van der Waals surface area contributed by atoms with Gasteiger partial charge in [-0.3, -0.25) is 4.79 Å². The van der Waals surface area contributed by atoms with Gasteiger partial charge in [0.05, 0.1) is 6.57 Å². The molecule has 0 aliphatic rings. The summed E-state index contributed by atoms with van der Waals surface area (Å²) < 4.78 is 5.61. The average molecular weight is 310 g/mol. The van der Waals surface area contributed by atoms with Gasteiger partial charge < -0.3 is 14.4 Å². The zero-order valence-corrected chi connectivity index (χ0v) is 13.1. The summed E-state index contributed by atoms with van der Waals surface area (Å²) in [6, 6.07) is 11.4. The number of hydrogen-bond acceptors (Lipinski definition) is 3. The Balaban J connectivity index is 2.24. The van der Waals surface area contributed by atoms with Crippen LogP contribution in [0.3, 0.4) is 0 Å². The summed E-state index contributed by atoms with van der Waals surface area (Å²) in [5.41, 5.74) is 1.68. The Kier molecular flexibility index (Phi) is 5.21. The second-order valence-corrected chi connectivity index (χ2v) is 4.87. The van der Waals surface area contributed by atoms with Crippen molar-refractivity contribution in [2.24, 2.45) is 0 Å². The van der Waals surface area contributed by atoms with Crippen LogP contribution in [0.5, 0.6) is 0 Å². The first-order chi connectivity index (χ1) is 11.1. The molecule has 0 saturated carbocycles. The Bertz CT molecular complexity index is 747. The van der Waals surface area contributed by atoms with Crippen LogP contribution in [-0.4, -0.2) is 24.2 Å². The lowest BCUT2D eigenvalue weighted by atomic mass is 10.1. The summed E-state index contributed by atoms with van der Waals surface area (Å²) >= 11 is 0. The molecule has 0 aliphatic carbocycles. The van der Waals surface area contributed by atoms with Crippen LogP contribution in [0.1, 0.15) is 19.6 Å². The molecule has 0 radical (unpaired) electrons. The molecule has 0 fully saturated rings. The van der Waals surface area contributed by atoms with Crippen molar-refractivity contribution in [2.75, 3.05) is 18.0 Å². The molecule has 1 aromatic carbocycles. The van der Waals surface area contributed by atoms with Crippen molar-refractivity contribution in [3.63, 3.8) is 0 Å². The first kappa shape index (κ1) is 16.4. The Morgan fingerprint density at radius 1 is 1.22 bits per heavy atom. The lowest BCUT2D eigenvalue weighted by molar-refractivity contribution is -0.132. The van der Waals surface area contributed by atoms with Gasteiger partial charge in [0.1, 0.15) is 11.5 Å². The van der Waals surface area contributed by atoms with Crippen LogP contribution in [-0.2, 0) is 4.79 Å². The Morgan fingerprint density at radius 2 is 1.87 bits per heavy atom. The minimum Gasteiger partial charge on any atom is -0.486 e. The number of carbonyl (C=O) groups is 1. The van der Waals surface area contributed by atoms with Gasteiger partial charge in [-0.1, -0.05) is 0 Å². The smallest absolute Gasteiger partial charge is 0.333 e. The van der Waals surface area contributed by atoms with Gasteiger partial charge >= 0.3 is 5.97 Å². The molecule has 5 heteroatoms. The van der Waals surface area contributed by atoms with E-state index in [0.717, 1.165) is 24.3 Å². The summed E-state index contributed by atoms with van der Waals surface area (Å²) in [6.45, 7) is 13.0. The first-order valence-electron chi connectivity index (χ1n) is 7.36. The molecule has 23 heavy (non-hydrogen) atoms. The number of hydrogen-bond donors (Lipinski definition) is 1. The maximum Gasteiger partial charge on any atom is 0.333 e. The quantitative estimate of drug-likeness (QED) is 0.643. The average Bonchev–Trinajstić information content (AvgIpc) is 3.03. The second kappa shape index (κ2) is 7.32. The van der Waals surface area contributed by atoms with E-state index < -0.39 is 5.97 Å². The van der Waals surface area contributed by atoms with Gasteiger partial charge in [-0.25, -0.2) is 4.85 Å². The van der Waals surface area contributed by atoms with Gasteiger partial charge in [-0.15, -0.1) is 0 Å². The minimum absolute atomic E-state index is 0.348. The number of aliphatic carboxylic acids is 1. The molecule has 2 aromatic rings. The Labute approximate surface area is 135 Å². The van der Waals surface area contributed by atoms with Crippen LogP contribution in [0.2, 0.25) is 0 Å². The number of anilines is 1. The number of furan rings is 1. The van der Waals surface area contributed by atoms with Crippen LogP contribution >= 0.6 is 0 Å². The molecule has 1 N–H and O–H groups in total. The molecular formula is C18H18N2O3. The number of carboxylic acid groups (broad SMARTS) is 1. The minimum atomic E-state index is -1.26. The van der Waals surface area contributed by atoms with E-state index in [0.29, 0.717) is 11.5 Å². The predicted octanol–water partition coefficient (Wildman–Crippen LogP) is 4.14. The fraction of sp³-hybridized carbons (Fsp3) is 0.222. The molecule has 1 aromatic heterocycles. The highest BCUT2D eigenvalue weighted by atomic mass is 16.4. The van der Waals surface area contributed by atoms with E-state index in [1.165, 1.54) is 6.08 Å². The molecule has 5 nitrogen and oxygen atoms in total. The zero-order chi connectivity index (χ0) is 16.8. The van der Waals surface area contributed by atoms with Crippen LogP contribution < -0.4 is 4.90 Å². The number of carboxylic acids is 1. The van der Waals surface area contributed by atoms with Crippen molar-refractivity contribution in [2.45, 2.75) is 13.8 Å². The molecule has 0 unspecified atom stereocenters. The molecule has 0 bridgehead atoms. The van der Waals surface area contributed by atoms with Crippen LogP contribution in [0, 0.1) is 6.57 Å². The highest BCUT2D eigenvalue weighted by molar-refractivity contribution is 5.93. The first-order valence-corrected chi connectivity index (χ1v) is 7.36. The maximum absolute atomic E-state index is 10.8. The summed E-state index contributed by atoms with van der Waals surface area (Å²) in [7, 11) is 0. The summed E-state index contributed by atoms with van der Waals surface area (Å²) in [4.78, 5) is 16.0. The standard InChI is InChI=1S/C18H18N2O3/c1-4-20(5-2)14-8-6-13(7-9-14)17-11-10-15(23-17)12-16(19-3)18(21)22/h6-12H,4-5H2,1-2H3,(H,21,22)/b16-12-. The highest BCUT2D eigenvalue weighted by Crippen LogP contribution is 2.26. The van der Waals surface area contributed by atoms with Gasteiger partial charge in [0, 0.05) is 24.3 Å². The zero-order valence-electron chi connectivity index (χ0n) is 13.1. The van der Waals surface area contributed by atoms with Gasteiger partial charge in [-0.05, 0) is 56.3 Å². The van der Waals surface area contributed by atoms with Crippen LogP contribution in [0.25, 0.3) is 22.2 Å². The molecular weight excluding hydrogens is 292 g/mol. The Hall–Kier alpha value is -3.00. The molecule has 0 amide bonds. The van der Waals surface area contributed by atoms with Crippen molar-refractivity contribution in [1.82, 2.24) is 0 Å². The van der Waals surface area contributed by atoms with Crippen LogP contribution in [0.15, 0.2) is 46.5 Å². The third kappa shape index (κ3) is 3.80. The van der Waals surface area contributed by atoms with E-state index in [1.807, 2.05) is 24.3 Å². The Morgan fingerprint density at radius 3 is 2.39 bits per heavy atom. The summed E-state index contributed by atoms with van der Waals surface area (Å²) in [6.07, 6.45) is 1.23. The highest BCUT2D eigenvalue weighted by Gasteiger charge is 2.10. The van der Waals surface area contributed by atoms with Crippen molar-refractivity contribution in [3.8, 4) is 11.3 Å². The normalized spacial score (nSPS) is 11.1.